The van der Waals surface area contributed by atoms with Gasteiger partial charge in [-0.3, -0.25) is 4.79 Å². The molecule has 0 aliphatic rings. The van der Waals surface area contributed by atoms with E-state index in [1.807, 2.05) is 55.5 Å². The molecule has 0 radical (unpaired) electrons. The number of carbonyl (C=O) groups is 1. The lowest BCUT2D eigenvalue weighted by Gasteiger charge is -2.09. The van der Waals surface area contributed by atoms with E-state index in [1.54, 1.807) is 12.1 Å². The van der Waals surface area contributed by atoms with E-state index in [0.29, 0.717) is 10.6 Å². The van der Waals surface area contributed by atoms with Crippen LogP contribution in [-0.4, -0.2) is 5.91 Å². The second kappa shape index (κ2) is 5.58. The zero-order chi connectivity index (χ0) is 14.8. The van der Waals surface area contributed by atoms with Crippen LogP contribution in [-0.2, 0) is 0 Å². The lowest BCUT2D eigenvalue weighted by atomic mass is 10.1. The Bertz CT molecular complexity index is 821. The molecule has 0 aliphatic heterocycles. The monoisotopic (exact) mass is 295 g/mol. The Morgan fingerprint density at radius 3 is 2.57 bits per heavy atom. The number of rotatable bonds is 2. The molecule has 0 fully saturated rings. The molecule has 0 spiro atoms. The topological polar surface area (TPSA) is 29.1 Å². The number of carbonyl (C=O) groups excluding carboxylic acids is 1. The Labute approximate surface area is 128 Å². The van der Waals surface area contributed by atoms with Crippen LogP contribution >= 0.6 is 11.6 Å². The van der Waals surface area contributed by atoms with Gasteiger partial charge in [0.15, 0.2) is 0 Å². The van der Waals surface area contributed by atoms with Crippen molar-refractivity contribution in [2.45, 2.75) is 6.92 Å². The molecule has 21 heavy (non-hydrogen) atoms. The summed E-state index contributed by atoms with van der Waals surface area (Å²) in [5, 5.41) is 5.66. The van der Waals surface area contributed by atoms with Gasteiger partial charge >= 0.3 is 0 Å². The summed E-state index contributed by atoms with van der Waals surface area (Å²) in [5.74, 6) is -0.159. The first kappa shape index (κ1) is 13.7. The van der Waals surface area contributed by atoms with Crippen molar-refractivity contribution in [1.29, 1.82) is 0 Å². The van der Waals surface area contributed by atoms with E-state index < -0.39 is 0 Å². The van der Waals surface area contributed by atoms with E-state index >= 15 is 0 Å². The molecule has 0 saturated heterocycles. The Morgan fingerprint density at radius 2 is 1.76 bits per heavy atom. The second-order valence-electron chi connectivity index (χ2n) is 4.94. The molecule has 0 bridgehead atoms. The van der Waals surface area contributed by atoms with Gasteiger partial charge in [0, 0.05) is 21.7 Å². The highest BCUT2D eigenvalue weighted by Gasteiger charge is 2.09. The summed E-state index contributed by atoms with van der Waals surface area (Å²) >= 11 is 6.08. The highest BCUT2D eigenvalue weighted by Crippen LogP contribution is 2.24. The van der Waals surface area contributed by atoms with Gasteiger partial charge in [-0.2, -0.15) is 0 Å². The maximum atomic E-state index is 12.4. The molecular formula is C18H14ClNO. The molecule has 2 nitrogen and oxygen atoms in total. The molecular weight excluding hydrogens is 282 g/mol. The summed E-state index contributed by atoms with van der Waals surface area (Å²) < 4.78 is 0. The first-order valence-corrected chi connectivity index (χ1v) is 7.08. The SMILES string of the molecule is Cc1ccc(C(=O)Nc2cccc3ccccc23)cc1Cl. The van der Waals surface area contributed by atoms with E-state index in [1.165, 1.54) is 0 Å². The predicted molar refractivity (Wildman–Crippen MR) is 88.1 cm³/mol. The minimum atomic E-state index is -0.159. The molecule has 0 heterocycles. The molecule has 3 heteroatoms. The van der Waals surface area contributed by atoms with Crippen molar-refractivity contribution in [1.82, 2.24) is 0 Å². The van der Waals surface area contributed by atoms with Crippen LogP contribution in [0.5, 0.6) is 0 Å². The molecule has 1 amide bonds. The average molecular weight is 296 g/mol. The summed E-state index contributed by atoms with van der Waals surface area (Å²) in [6, 6.07) is 19.1. The van der Waals surface area contributed by atoms with Gasteiger partial charge in [-0.1, -0.05) is 54.1 Å². The van der Waals surface area contributed by atoms with Crippen molar-refractivity contribution >= 4 is 34.0 Å². The number of hydrogen-bond donors (Lipinski definition) is 1. The molecule has 0 aromatic heterocycles. The summed E-state index contributed by atoms with van der Waals surface area (Å²) in [7, 11) is 0. The minimum Gasteiger partial charge on any atom is -0.321 e. The minimum absolute atomic E-state index is 0.159. The molecule has 0 unspecified atom stereocenters. The number of nitrogens with one attached hydrogen (secondary N) is 1. The van der Waals surface area contributed by atoms with E-state index in [2.05, 4.69) is 5.32 Å². The van der Waals surface area contributed by atoms with Crippen LogP contribution in [0, 0.1) is 6.92 Å². The maximum absolute atomic E-state index is 12.4. The number of aryl methyl sites for hydroxylation is 1. The summed E-state index contributed by atoms with van der Waals surface area (Å²) in [4.78, 5) is 12.4. The Kier molecular flexibility index (Phi) is 3.63. The molecule has 3 aromatic carbocycles. The average Bonchev–Trinajstić information content (AvgIpc) is 2.50. The van der Waals surface area contributed by atoms with Gasteiger partial charge in [0.2, 0.25) is 0 Å². The van der Waals surface area contributed by atoms with Crippen LogP contribution in [0.4, 0.5) is 5.69 Å². The molecule has 3 rings (SSSR count). The summed E-state index contributed by atoms with van der Waals surface area (Å²) in [5.41, 5.74) is 2.31. The van der Waals surface area contributed by atoms with Gasteiger partial charge in [-0.15, -0.1) is 0 Å². The van der Waals surface area contributed by atoms with Crippen LogP contribution in [0.25, 0.3) is 10.8 Å². The number of hydrogen-bond acceptors (Lipinski definition) is 1. The van der Waals surface area contributed by atoms with Gasteiger partial charge in [0.05, 0.1) is 0 Å². The predicted octanol–water partition coefficient (Wildman–Crippen LogP) is 5.05. The normalized spacial score (nSPS) is 10.6. The van der Waals surface area contributed by atoms with E-state index in [4.69, 9.17) is 11.6 Å². The van der Waals surface area contributed by atoms with Crippen molar-refractivity contribution < 1.29 is 4.79 Å². The van der Waals surface area contributed by atoms with Crippen molar-refractivity contribution in [3.05, 3.63) is 76.8 Å². The Morgan fingerprint density at radius 1 is 1.00 bits per heavy atom. The quantitative estimate of drug-likeness (QED) is 0.704. The van der Waals surface area contributed by atoms with Crippen LogP contribution in [0.3, 0.4) is 0 Å². The van der Waals surface area contributed by atoms with Crippen molar-refractivity contribution in [3.8, 4) is 0 Å². The third kappa shape index (κ3) is 2.76. The standard InChI is InChI=1S/C18H14ClNO/c1-12-9-10-14(11-16(12)19)18(21)20-17-8-4-6-13-5-2-3-7-15(13)17/h2-11H,1H3,(H,20,21). The second-order valence-corrected chi connectivity index (χ2v) is 5.35. The van der Waals surface area contributed by atoms with Gasteiger partial charge in [-0.05, 0) is 36.1 Å². The van der Waals surface area contributed by atoms with E-state index in [-0.39, 0.29) is 5.91 Å². The fourth-order valence-electron chi connectivity index (χ4n) is 2.26. The Hall–Kier alpha value is -2.32. The smallest absolute Gasteiger partial charge is 0.255 e. The third-order valence-electron chi connectivity index (χ3n) is 3.47. The molecule has 0 saturated carbocycles. The van der Waals surface area contributed by atoms with Crippen LogP contribution in [0.15, 0.2) is 60.7 Å². The van der Waals surface area contributed by atoms with Crippen molar-refractivity contribution in [2.24, 2.45) is 0 Å². The van der Waals surface area contributed by atoms with Crippen LogP contribution < -0.4 is 5.32 Å². The van der Waals surface area contributed by atoms with Crippen LogP contribution in [0.2, 0.25) is 5.02 Å². The first-order chi connectivity index (χ1) is 10.1. The lowest BCUT2D eigenvalue weighted by Crippen LogP contribution is -2.12. The van der Waals surface area contributed by atoms with E-state index in [9.17, 15) is 4.79 Å². The summed E-state index contributed by atoms with van der Waals surface area (Å²) in [6.07, 6.45) is 0. The molecule has 0 aliphatic carbocycles. The number of halogens is 1. The van der Waals surface area contributed by atoms with Gasteiger partial charge in [0.1, 0.15) is 0 Å². The largest absolute Gasteiger partial charge is 0.321 e. The number of fused-ring (bicyclic) bond motifs is 1. The number of benzene rings is 3. The molecule has 0 atom stereocenters. The van der Waals surface area contributed by atoms with Crippen molar-refractivity contribution in [3.63, 3.8) is 0 Å². The van der Waals surface area contributed by atoms with Crippen molar-refractivity contribution in [2.75, 3.05) is 5.32 Å². The first-order valence-electron chi connectivity index (χ1n) is 6.70. The highest BCUT2D eigenvalue weighted by molar-refractivity contribution is 6.31. The summed E-state index contributed by atoms with van der Waals surface area (Å²) in [6.45, 7) is 1.91. The van der Waals surface area contributed by atoms with Gasteiger partial charge < -0.3 is 5.32 Å². The highest BCUT2D eigenvalue weighted by atomic mass is 35.5. The zero-order valence-corrected chi connectivity index (χ0v) is 12.3. The molecule has 1 N–H and O–H groups in total. The van der Waals surface area contributed by atoms with Crippen LogP contribution in [0.1, 0.15) is 15.9 Å². The maximum Gasteiger partial charge on any atom is 0.255 e. The number of amides is 1. The zero-order valence-electron chi connectivity index (χ0n) is 11.6. The van der Waals surface area contributed by atoms with Gasteiger partial charge in [0.25, 0.3) is 5.91 Å². The third-order valence-corrected chi connectivity index (χ3v) is 3.88. The molecule has 104 valence electrons. The fraction of sp³-hybridized carbons (Fsp3) is 0.0556. The Balaban J connectivity index is 1.94. The van der Waals surface area contributed by atoms with Gasteiger partial charge in [-0.25, -0.2) is 0 Å². The lowest BCUT2D eigenvalue weighted by molar-refractivity contribution is 0.102. The molecule has 3 aromatic rings. The van der Waals surface area contributed by atoms with E-state index in [0.717, 1.165) is 22.0 Å². The number of anilines is 1. The fourth-order valence-corrected chi connectivity index (χ4v) is 2.44.